The maximum absolute atomic E-state index is 6.48. The van der Waals surface area contributed by atoms with Gasteiger partial charge in [-0.3, -0.25) is 5.32 Å². The number of hydrogen-bond acceptors (Lipinski definition) is 3. The van der Waals surface area contributed by atoms with E-state index in [9.17, 15) is 0 Å². The van der Waals surface area contributed by atoms with Gasteiger partial charge in [0.25, 0.3) is 0 Å². The van der Waals surface area contributed by atoms with E-state index in [1.165, 1.54) is 87.7 Å². The van der Waals surface area contributed by atoms with E-state index in [4.69, 9.17) is 4.42 Å². The molecule has 1 spiro atoms. The van der Waals surface area contributed by atoms with E-state index in [1.807, 2.05) is 6.07 Å². The quantitative estimate of drug-likeness (QED) is 0.188. The Morgan fingerprint density at radius 3 is 2.21 bits per heavy atom. The average Bonchev–Trinajstić information content (AvgIpc) is 3.86. The van der Waals surface area contributed by atoms with Crippen LogP contribution in [0, 0.1) is 5.92 Å². The van der Waals surface area contributed by atoms with Crippen LogP contribution in [0.5, 0.6) is 0 Å². The summed E-state index contributed by atoms with van der Waals surface area (Å²) in [5, 5.41) is 8.84. The molecule has 3 nitrogen and oxygen atoms in total. The summed E-state index contributed by atoms with van der Waals surface area (Å²) >= 11 is 0. The van der Waals surface area contributed by atoms with E-state index in [0.29, 0.717) is 11.8 Å². The van der Waals surface area contributed by atoms with Crippen LogP contribution in [0.25, 0.3) is 38.8 Å². The first-order valence-corrected chi connectivity index (χ1v) is 21.5. The number of allylic oxidation sites excluding steroid dienone is 4. The van der Waals surface area contributed by atoms with Crippen LogP contribution in [-0.2, 0) is 10.8 Å². The van der Waals surface area contributed by atoms with E-state index in [2.05, 4.69) is 176 Å². The zero-order valence-corrected chi connectivity index (χ0v) is 33.3. The molecule has 284 valence electrons. The van der Waals surface area contributed by atoms with Gasteiger partial charge in [-0.25, -0.2) is 0 Å². The number of nitrogens with one attached hydrogen (secondary N) is 2. The highest BCUT2D eigenvalue weighted by atomic mass is 16.4. The van der Waals surface area contributed by atoms with Crippen LogP contribution < -0.4 is 10.6 Å². The molecule has 2 N–H and O–H groups in total. The normalized spacial score (nSPS) is 23.2. The highest BCUT2D eigenvalue weighted by molar-refractivity contribution is 5.98. The van der Waals surface area contributed by atoms with Crippen molar-refractivity contribution in [1.29, 1.82) is 0 Å². The first-order valence-electron chi connectivity index (χ1n) is 21.5. The summed E-state index contributed by atoms with van der Waals surface area (Å²) in [5.74, 6) is 1.71. The van der Waals surface area contributed by atoms with Crippen LogP contribution in [0.2, 0.25) is 0 Å². The van der Waals surface area contributed by atoms with Gasteiger partial charge >= 0.3 is 0 Å². The fraction of sp³-hybridized carbons (Fsp3) is 0.236. The second-order valence-electron chi connectivity index (χ2n) is 18.0. The first kappa shape index (κ1) is 34.2. The van der Waals surface area contributed by atoms with Crippen LogP contribution >= 0.6 is 0 Å². The van der Waals surface area contributed by atoms with Gasteiger partial charge in [0.05, 0.1) is 6.04 Å². The minimum atomic E-state index is -0.135. The van der Waals surface area contributed by atoms with Gasteiger partial charge in [0.1, 0.15) is 11.7 Å². The Morgan fingerprint density at radius 1 is 0.621 bits per heavy atom. The van der Waals surface area contributed by atoms with Crippen molar-refractivity contribution < 1.29 is 4.42 Å². The molecule has 1 fully saturated rings. The SMILES string of the molecule is CC1(C)c2ccccc2C2C=C3C(=CC21)c1c(-c2cccc(-c4cccc(C5Nc6oc7ccccc7c6C(c6ccccc6)N5)c4)c2)cccc1C31CCCCC1. The minimum Gasteiger partial charge on any atom is -0.440 e. The van der Waals surface area contributed by atoms with E-state index >= 15 is 0 Å². The summed E-state index contributed by atoms with van der Waals surface area (Å²) in [6.07, 6.45) is 11.7. The Morgan fingerprint density at radius 2 is 1.33 bits per heavy atom. The molecule has 4 unspecified atom stereocenters. The fourth-order valence-electron chi connectivity index (χ4n) is 11.9. The molecule has 1 aliphatic heterocycles. The molecule has 12 rings (SSSR count). The van der Waals surface area contributed by atoms with Gasteiger partial charge in [0.15, 0.2) is 0 Å². The van der Waals surface area contributed by atoms with Crippen molar-refractivity contribution in [2.45, 2.75) is 74.9 Å². The zero-order valence-electron chi connectivity index (χ0n) is 33.3. The van der Waals surface area contributed by atoms with Crippen molar-refractivity contribution >= 4 is 22.4 Å². The Hall–Kier alpha value is -5.90. The van der Waals surface area contributed by atoms with Gasteiger partial charge < -0.3 is 9.73 Å². The summed E-state index contributed by atoms with van der Waals surface area (Å²) < 4.78 is 6.48. The Bertz CT molecular complexity index is 2830. The van der Waals surface area contributed by atoms with Gasteiger partial charge in [0.2, 0.25) is 5.88 Å². The molecule has 1 aromatic heterocycles. The fourth-order valence-corrected chi connectivity index (χ4v) is 11.9. The van der Waals surface area contributed by atoms with Crippen molar-refractivity contribution in [2.24, 2.45) is 5.92 Å². The third kappa shape index (κ3) is 4.96. The Balaban J connectivity index is 0.938. The monoisotopic (exact) mass is 752 g/mol. The topological polar surface area (TPSA) is 37.2 Å². The highest BCUT2D eigenvalue weighted by Gasteiger charge is 2.53. The largest absolute Gasteiger partial charge is 0.440 e. The first-order chi connectivity index (χ1) is 28.5. The summed E-state index contributed by atoms with van der Waals surface area (Å²) in [6.45, 7) is 4.94. The molecule has 0 radical (unpaired) electrons. The van der Waals surface area contributed by atoms with E-state index in [-0.39, 0.29) is 23.0 Å². The lowest BCUT2D eigenvalue weighted by Crippen LogP contribution is -2.36. The Kier molecular flexibility index (Phi) is 7.54. The molecule has 0 bridgehead atoms. The summed E-state index contributed by atoms with van der Waals surface area (Å²) in [5.41, 5.74) is 18.9. The van der Waals surface area contributed by atoms with Gasteiger partial charge in [-0.15, -0.1) is 0 Å². The van der Waals surface area contributed by atoms with E-state index < -0.39 is 0 Å². The van der Waals surface area contributed by atoms with Crippen molar-refractivity contribution in [1.82, 2.24) is 5.32 Å². The average molecular weight is 753 g/mol. The summed E-state index contributed by atoms with van der Waals surface area (Å²) in [6, 6.07) is 53.8. The zero-order chi connectivity index (χ0) is 38.6. The molecule has 3 heteroatoms. The molecule has 4 aliphatic carbocycles. The number of furan rings is 1. The second kappa shape index (κ2) is 12.8. The third-order valence-electron chi connectivity index (χ3n) is 14.7. The molecular weight excluding hydrogens is 705 g/mol. The number of hydrogen-bond donors (Lipinski definition) is 2. The second-order valence-corrected chi connectivity index (χ2v) is 18.0. The molecular formula is C55H48N2O. The van der Waals surface area contributed by atoms with Crippen LogP contribution in [0.4, 0.5) is 5.88 Å². The molecule has 1 saturated carbocycles. The predicted molar refractivity (Wildman–Crippen MR) is 238 cm³/mol. The molecule has 5 aliphatic rings. The molecule has 2 heterocycles. The van der Waals surface area contributed by atoms with E-state index in [0.717, 1.165) is 22.4 Å². The van der Waals surface area contributed by atoms with Gasteiger partial charge in [0, 0.05) is 22.3 Å². The van der Waals surface area contributed by atoms with E-state index in [1.54, 1.807) is 11.1 Å². The number of anilines is 1. The summed E-state index contributed by atoms with van der Waals surface area (Å²) in [4.78, 5) is 0. The van der Waals surface area contributed by atoms with Gasteiger partial charge in [-0.2, -0.15) is 0 Å². The summed E-state index contributed by atoms with van der Waals surface area (Å²) in [7, 11) is 0. The lowest BCUT2D eigenvalue weighted by molar-refractivity contribution is 0.345. The maximum Gasteiger partial charge on any atom is 0.200 e. The van der Waals surface area contributed by atoms with Crippen molar-refractivity contribution in [2.75, 3.05) is 5.32 Å². The van der Waals surface area contributed by atoms with Gasteiger partial charge in [-0.05, 0) is 109 Å². The van der Waals surface area contributed by atoms with Crippen molar-refractivity contribution in [3.63, 3.8) is 0 Å². The van der Waals surface area contributed by atoms with Crippen molar-refractivity contribution in [3.8, 4) is 22.3 Å². The highest BCUT2D eigenvalue weighted by Crippen LogP contribution is 2.64. The molecule has 6 aromatic carbocycles. The van der Waals surface area contributed by atoms with Gasteiger partial charge in [-0.1, -0.05) is 173 Å². The lowest BCUT2D eigenvalue weighted by atomic mass is 9.64. The third-order valence-corrected chi connectivity index (χ3v) is 14.7. The molecule has 0 saturated heterocycles. The number of para-hydroxylation sites is 1. The number of fused-ring (bicyclic) bond motifs is 11. The molecule has 0 amide bonds. The van der Waals surface area contributed by atoms with Crippen LogP contribution in [0.3, 0.4) is 0 Å². The van der Waals surface area contributed by atoms with Crippen LogP contribution in [-0.4, -0.2) is 0 Å². The van der Waals surface area contributed by atoms with Crippen LogP contribution in [0.1, 0.15) is 103 Å². The molecule has 7 aromatic rings. The number of rotatable bonds is 4. The Labute approximate surface area is 341 Å². The minimum absolute atomic E-state index is 0.0157. The van der Waals surface area contributed by atoms with Crippen LogP contribution in [0.15, 0.2) is 168 Å². The predicted octanol–water partition coefficient (Wildman–Crippen LogP) is 13.8. The van der Waals surface area contributed by atoms with Crippen molar-refractivity contribution in [3.05, 3.63) is 202 Å². The lowest BCUT2D eigenvalue weighted by Gasteiger charge is -2.39. The molecule has 58 heavy (non-hydrogen) atoms. The number of benzene rings is 6. The molecule has 4 atom stereocenters. The smallest absolute Gasteiger partial charge is 0.200 e. The standard InChI is InChI=1S/C55H48N2O/c1-54(2)44-25-9-7-22-40(44)42-32-47-43(33-46(42)54)49-39(24-15-26-45(49)55(47)28-11-4-12-29-55)37-20-13-18-35(30-37)36-19-14-21-38(31-36)52-56-51(34-16-5-3-6-17-34)50-41-23-8-10-27-48(41)58-53(50)57-52/h3,5-10,13-27,30-33,42,46,51-52,56-57H,4,11-12,28-29H2,1-2H3. The maximum atomic E-state index is 6.48.